The Bertz CT molecular complexity index is 313. The molecule has 1 heteroatoms. The number of unbranched alkanes of at least 4 members (excludes halogenated alkanes) is 2. The summed E-state index contributed by atoms with van der Waals surface area (Å²) >= 11 is 0. The van der Waals surface area contributed by atoms with Gasteiger partial charge in [-0.1, -0.05) is 0 Å². The molecule has 100 valence electrons. The SMILES string of the molecule is CCCCCC1(C)C[PH]23C(C)CC1C2CC3C. The summed E-state index contributed by atoms with van der Waals surface area (Å²) in [5.41, 5.74) is 4.38. The van der Waals surface area contributed by atoms with Crippen molar-refractivity contribution >= 4 is 7.26 Å². The summed E-state index contributed by atoms with van der Waals surface area (Å²) in [6, 6.07) is 0. The van der Waals surface area contributed by atoms with Gasteiger partial charge in [-0.15, -0.1) is 0 Å². The van der Waals surface area contributed by atoms with Gasteiger partial charge in [-0.3, -0.25) is 0 Å². The van der Waals surface area contributed by atoms with Crippen LogP contribution < -0.4 is 0 Å². The molecule has 0 aromatic rings. The van der Waals surface area contributed by atoms with E-state index < -0.39 is 7.26 Å². The third kappa shape index (κ3) is 1.46. The Kier molecular flexibility index (Phi) is 2.90. The van der Waals surface area contributed by atoms with Crippen LogP contribution in [0.25, 0.3) is 0 Å². The monoisotopic (exact) mass is 254 g/mol. The zero-order valence-electron chi connectivity index (χ0n) is 12.3. The summed E-state index contributed by atoms with van der Waals surface area (Å²) in [5.74, 6) is 1.15. The first-order chi connectivity index (χ1) is 8.04. The zero-order valence-corrected chi connectivity index (χ0v) is 13.3. The van der Waals surface area contributed by atoms with Crippen LogP contribution in [-0.4, -0.2) is 23.1 Å². The van der Waals surface area contributed by atoms with Crippen LogP contribution in [0.1, 0.15) is 66.2 Å². The first-order valence-electron chi connectivity index (χ1n) is 8.04. The fourth-order valence-electron chi connectivity index (χ4n) is 6.31. The molecule has 3 fully saturated rings. The maximum absolute atomic E-state index is 2.67. The van der Waals surface area contributed by atoms with E-state index in [1.165, 1.54) is 36.2 Å². The molecule has 3 rings (SSSR count). The molecular formula is C16H31P. The van der Waals surface area contributed by atoms with Crippen LogP contribution in [0.3, 0.4) is 0 Å². The van der Waals surface area contributed by atoms with E-state index in [9.17, 15) is 0 Å². The molecule has 17 heavy (non-hydrogen) atoms. The summed E-state index contributed by atoms with van der Waals surface area (Å²) in [6.07, 6.45) is 10.8. The molecule has 0 nitrogen and oxygen atoms in total. The van der Waals surface area contributed by atoms with Crippen LogP contribution in [0, 0.1) is 11.3 Å². The molecule has 3 saturated heterocycles. The first kappa shape index (κ1) is 12.5. The number of hydrogen-bond acceptors (Lipinski definition) is 0. The Hall–Kier alpha value is 0.430. The quantitative estimate of drug-likeness (QED) is 0.494. The van der Waals surface area contributed by atoms with Crippen LogP contribution in [0.2, 0.25) is 0 Å². The molecule has 3 aliphatic heterocycles. The molecular weight excluding hydrogens is 223 g/mol. The van der Waals surface area contributed by atoms with Gasteiger partial charge in [0.25, 0.3) is 0 Å². The molecule has 2 bridgehead atoms. The van der Waals surface area contributed by atoms with Crippen molar-refractivity contribution in [1.29, 1.82) is 0 Å². The van der Waals surface area contributed by atoms with E-state index in [0.29, 0.717) is 0 Å². The Balaban J connectivity index is 1.75. The van der Waals surface area contributed by atoms with Gasteiger partial charge in [0.2, 0.25) is 0 Å². The Morgan fingerprint density at radius 1 is 1.12 bits per heavy atom. The Morgan fingerprint density at radius 2 is 1.82 bits per heavy atom. The summed E-state index contributed by atoms with van der Waals surface area (Å²) in [4.78, 5) is 0. The van der Waals surface area contributed by atoms with E-state index in [0.717, 1.165) is 11.3 Å². The third-order valence-electron chi connectivity index (χ3n) is 7.18. The van der Waals surface area contributed by atoms with Gasteiger partial charge in [-0.25, -0.2) is 0 Å². The van der Waals surface area contributed by atoms with Gasteiger partial charge < -0.3 is 0 Å². The molecule has 3 aliphatic rings. The van der Waals surface area contributed by atoms with Crippen molar-refractivity contribution in [2.45, 2.75) is 83.2 Å². The summed E-state index contributed by atoms with van der Waals surface area (Å²) < 4.78 is 0. The molecule has 0 saturated carbocycles. The van der Waals surface area contributed by atoms with Gasteiger partial charge in [-0.2, -0.15) is 0 Å². The van der Waals surface area contributed by atoms with Gasteiger partial charge >= 0.3 is 108 Å². The number of hydrogen-bond donors (Lipinski definition) is 0. The van der Waals surface area contributed by atoms with Gasteiger partial charge in [0.1, 0.15) is 0 Å². The van der Waals surface area contributed by atoms with E-state index in [4.69, 9.17) is 0 Å². The Labute approximate surface area is 108 Å². The Morgan fingerprint density at radius 3 is 2.41 bits per heavy atom. The van der Waals surface area contributed by atoms with Crippen LogP contribution in [0.5, 0.6) is 0 Å². The van der Waals surface area contributed by atoms with Gasteiger partial charge in [0, 0.05) is 0 Å². The molecule has 0 N–H and O–H groups in total. The van der Waals surface area contributed by atoms with E-state index in [2.05, 4.69) is 27.7 Å². The van der Waals surface area contributed by atoms with Gasteiger partial charge in [0.05, 0.1) is 0 Å². The maximum atomic E-state index is 2.67. The van der Waals surface area contributed by atoms with E-state index >= 15 is 0 Å². The van der Waals surface area contributed by atoms with Crippen molar-refractivity contribution in [2.24, 2.45) is 11.3 Å². The second-order valence-corrected chi connectivity index (χ2v) is 13.2. The fourth-order valence-corrected chi connectivity index (χ4v) is 14.6. The van der Waals surface area contributed by atoms with Crippen molar-refractivity contribution in [3.8, 4) is 0 Å². The topological polar surface area (TPSA) is 0 Å². The zero-order chi connectivity index (χ0) is 12.3. The van der Waals surface area contributed by atoms with Crippen LogP contribution in [0.15, 0.2) is 0 Å². The molecule has 5 unspecified atom stereocenters. The van der Waals surface area contributed by atoms with Gasteiger partial charge in [-0.05, 0) is 0 Å². The molecule has 0 radical (unpaired) electrons. The second kappa shape index (κ2) is 3.96. The van der Waals surface area contributed by atoms with Crippen LogP contribution >= 0.6 is 7.26 Å². The predicted octanol–water partition coefficient (Wildman–Crippen LogP) is 4.91. The summed E-state index contributed by atoms with van der Waals surface area (Å²) in [6.45, 7) is 10.2. The molecule has 0 aliphatic carbocycles. The minimum absolute atomic E-state index is 0.781. The van der Waals surface area contributed by atoms with E-state index in [1.807, 2.05) is 0 Å². The first-order valence-corrected chi connectivity index (χ1v) is 10.5. The van der Waals surface area contributed by atoms with Crippen molar-refractivity contribution < 1.29 is 0 Å². The van der Waals surface area contributed by atoms with Crippen molar-refractivity contribution in [3.05, 3.63) is 0 Å². The average Bonchev–Trinajstić information content (AvgIpc) is 2.61. The molecule has 3 heterocycles. The predicted molar refractivity (Wildman–Crippen MR) is 80.9 cm³/mol. The standard InChI is InChI=1S/C16H31P/c1-5-6-7-8-16(4)11-17-12(2)9-14(16)15(17)10-13(17)3/h12-15,17H,5-11H2,1-4H3. The molecule has 5 atom stereocenters. The molecule has 0 aromatic heterocycles. The minimum atomic E-state index is -0.811. The average molecular weight is 254 g/mol. The molecule has 0 amide bonds. The van der Waals surface area contributed by atoms with Crippen molar-refractivity contribution in [3.63, 3.8) is 0 Å². The van der Waals surface area contributed by atoms with E-state index in [1.54, 1.807) is 25.4 Å². The van der Waals surface area contributed by atoms with Crippen LogP contribution in [-0.2, 0) is 0 Å². The second-order valence-electron chi connectivity index (χ2n) is 7.89. The number of rotatable bonds is 4. The third-order valence-corrected chi connectivity index (χ3v) is 14.8. The van der Waals surface area contributed by atoms with Crippen LogP contribution in [0.4, 0.5) is 0 Å². The normalized spacial score (nSPS) is 52.0. The van der Waals surface area contributed by atoms with Gasteiger partial charge in [0.15, 0.2) is 0 Å². The van der Waals surface area contributed by atoms with E-state index in [-0.39, 0.29) is 0 Å². The summed E-state index contributed by atoms with van der Waals surface area (Å²) in [7, 11) is -0.811. The molecule has 0 aromatic carbocycles. The van der Waals surface area contributed by atoms with Crippen molar-refractivity contribution in [1.82, 2.24) is 0 Å². The molecule has 0 spiro atoms. The fraction of sp³-hybridized carbons (Fsp3) is 1.00. The summed E-state index contributed by atoms with van der Waals surface area (Å²) in [5, 5.41) is 0. The van der Waals surface area contributed by atoms with Crippen molar-refractivity contribution in [2.75, 3.05) is 6.16 Å².